The van der Waals surface area contributed by atoms with Gasteiger partial charge < -0.3 is 9.80 Å². The average Bonchev–Trinajstić information content (AvgIpc) is 2.65. The maximum Gasteiger partial charge on any atom is 0.224 e. The number of benzene rings is 1. The van der Waals surface area contributed by atoms with Crippen LogP contribution in [0.4, 0.5) is 0 Å². The van der Waals surface area contributed by atoms with Gasteiger partial charge in [-0.15, -0.1) is 0 Å². The van der Waals surface area contributed by atoms with Crippen LogP contribution >= 0.6 is 0 Å². The average molecular weight is 338 g/mol. The van der Waals surface area contributed by atoms with Gasteiger partial charge in [0.25, 0.3) is 0 Å². The molecule has 2 saturated heterocycles. The summed E-state index contributed by atoms with van der Waals surface area (Å²) in [6, 6.07) is 9.74. The lowest BCUT2D eigenvalue weighted by Crippen LogP contribution is -2.43. The van der Waals surface area contributed by atoms with Gasteiger partial charge in [0.15, 0.2) is 5.78 Å². The van der Waals surface area contributed by atoms with Crippen LogP contribution in [0.2, 0.25) is 0 Å². The van der Waals surface area contributed by atoms with Crippen molar-refractivity contribution in [2.45, 2.75) is 25.7 Å². The third-order valence-corrected chi connectivity index (χ3v) is 4.94. The smallest absolute Gasteiger partial charge is 0.224 e. The minimum absolute atomic E-state index is 0.0241. The molecule has 0 spiro atoms. The number of rotatable bonds is 4. The molecule has 3 rings (SSSR count). The Hall–Kier alpha value is -2.20. The number of likely N-dealkylation sites (tertiary alicyclic amines) is 2. The molecular formula is C21H26N2O2. The maximum atomic E-state index is 12.6. The van der Waals surface area contributed by atoms with Crippen molar-refractivity contribution < 1.29 is 9.59 Å². The SMILES string of the molecule is C=C1CN(C(=O)CCN2CCCCC2)C/C(=C\c2ccccc2)C1=O. The first kappa shape index (κ1) is 17.6. The number of ketones is 1. The van der Waals surface area contributed by atoms with Gasteiger partial charge in [0.2, 0.25) is 5.91 Å². The molecule has 1 aromatic rings. The first-order valence-electron chi connectivity index (χ1n) is 9.12. The van der Waals surface area contributed by atoms with Crippen molar-refractivity contribution >= 4 is 17.8 Å². The van der Waals surface area contributed by atoms with Crippen LogP contribution in [-0.2, 0) is 9.59 Å². The Labute approximate surface area is 149 Å². The molecule has 0 aromatic heterocycles. The summed E-state index contributed by atoms with van der Waals surface area (Å²) in [5.74, 6) is 0.0853. The lowest BCUT2D eigenvalue weighted by molar-refractivity contribution is -0.131. The van der Waals surface area contributed by atoms with Gasteiger partial charge >= 0.3 is 0 Å². The number of Topliss-reactive ketones (excluding diaryl/α,β-unsaturated/α-hetero) is 1. The van der Waals surface area contributed by atoms with E-state index in [1.807, 2.05) is 36.4 Å². The second-order valence-electron chi connectivity index (χ2n) is 6.92. The van der Waals surface area contributed by atoms with Crippen molar-refractivity contribution in [1.29, 1.82) is 0 Å². The van der Waals surface area contributed by atoms with Crippen LogP contribution in [-0.4, -0.2) is 54.2 Å². The van der Waals surface area contributed by atoms with Crippen molar-refractivity contribution in [3.05, 3.63) is 53.6 Å². The molecule has 25 heavy (non-hydrogen) atoms. The summed E-state index contributed by atoms with van der Waals surface area (Å²) in [5.41, 5.74) is 2.12. The molecule has 132 valence electrons. The van der Waals surface area contributed by atoms with Crippen LogP contribution in [0, 0.1) is 0 Å². The maximum absolute atomic E-state index is 12.6. The lowest BCUT2D eigenvalue weighted by Gasteiger charge is -2.31. The van der Waals surface area contributed by atoms with Gasteiger partial charge in [0, 0.05) is 37.2 Å². The Kier molecular flexibility index (Phi) is 5.82. The van der Waals surface area contributed by atoms with Crippen LogP contribution in [0.15, 0.2) is 48.1 Å². The predicted molar refractivity (Wildman–Crippen MR) is 100 cm³/mol. The molecule has 0 atom stereocenters. The van der Waals surface area contributed by atoms with Gasteiger partial charge in [-0.25, -0.2) is 0 Å². The molecule has 2 aliphatic heterocycles. The summed E-state index contributed by atoms with van der Waals surface area (Å²) in [5, 5.41) is 0. The third kappa shape index (κ3) is 4.67. The van der Waals surface area contributed by atoms with Crippen molar-refractivity contribution in [3.8, 4) is 0 Å². The number of nitrogens with zero attached hydrogens (tertiary/aromatic N) is 2. The second kappa shape index (κ2) is 8.26. The topological polar surface area (TPSA) is 40.6 Å². The minimum atomic E-state index is -0.0241. The fraction of sp³-hybridized carbons (Fsp3) is 0.429. The lowest BCUT2D eigenvalue weighted by atomic mass is 9.96. The highest BCUT2D eigenvalue weighted by atomic mass is 16.2. The highest BCUT2D eigenvalue weighted by Gasteiger charge is 2.27. The van der Waals surface area contributed by atoms with Gasteiger partial charge in [0.05, 0.1) is 0 Å². The first-order chi connectivity index (χ1) is 12.1. The zero-order chi connectivity index (χ0) is 17.6. The van der Waals surface area contributed by atoms with E-state index < -0.39 is 0 Å². The standard InChI is InChI=1S/C21H26N2O2/c1-17-15-23(20(24)10-13-22-11-6-3-7-12-22)16-19(21(17)25)14-18-8-4-2-5-9-18/h2,4-5,8-9,14H,1,3,6-7,10-13,15-16H2/b19-14+. The first-order valence-corrected chi connectivity index (χ1v) is 9.12. The summed E-state index contributed by atoms with van der Waals surface area (Å²) in [7, 11) is 0. The minimum Gasteiger partial charge on any atom is -0.334 e. The fourth-order valence-corrected chi connectivity index (χ4v) is 3.50. The van der Waals surface area contributed by atoms with Gasteiger partial charge in [0.1, 0.15) is 0 Å². The second-order valence-corrected chi connectivity index (χ2v) is 6.92. The Morgan fingerprint density at radius 3 is 2.52 bits per heavy atom. The summed E-state index contributed by atoms with van der Waals surface area (Å²) in [6.45, 7) is 7.61. The van der Waals surface area contributed by atoms with Gasteiger partial charge in [-0.1, -0.05) is 43.3 Å². The van der Waals surface area contributed by atoms with Crippen molar-refractivity contribution in [3.63, 3.8) is 0 Å². The van der Waals surface area contributed by atoms with E-state index in [2.05, 4.69) is 11.5 Å². The fourth-order valence-electron chi connectivity index (χ4n) is 3.50. The van der Waals surface area contributed by atoms with E-state index in [1.54, 1.807) is 4.90 Å². The summed E-state index contributed by atoms with van der Waals surface area (Å²) in [6.07, 6.45) is 6.14. The zero-order valence-corrected chi connectivity index (χ0v) is 14.7. The molecule has 4 heteroatoms. The molecule has 1 aromatic carbocycles. The number of carbonyl (C=O) groups excluding carboxylic acids is 2. The van der Waals surface area contributed by atoms with E-state index in [0.717, 1.165) is 25.2 Å². The molecule has 0 saturated carbocycles. The third-order valence-electron chi connectivity index (χ3n) is 4.94. The molecule has 0 N–H and O–H groups in total. The van der Waals surface area contributed by atoms with E-state index in [4.69, 9.17) is 0 Å². The van der Waals surface area contributed by atoms with E-state index in [1.165, 1.54) is 19.3 Å². The highest BCUT2D eigenvalue weighted by molar-refractivity contribution is 6.12. The normalized spacial score (nSPS) is 21.0. The number of piperidine rings is 2. The Balaban J connectivity index is 1.63. The molecule has 0 unspecified atom stereocenters. The number of carbonyl (C=O) groups is 2. The van der Waals surface area contributed by atoms with Gasteiger partial charge in [-0.2, -0.15) is 0 Å². The Bertz CT molecular complexity index is 672. The molecule has 1 amide bonds. The Morgan fingerprint density at radius 1 is 1.08 bits per heavy atom. The van der Waals surface area contributed by atoms with Crippen molar-refractivity contribution in [2.24, 2.45) is 0 Å². The van der Waals surface area contributed by atoms with Crippen molar-refractivity contribution in [1.82, 2.24) is 9.80 Å². The Morgan fingerprint density at radius 2 is 1.80 bits per heavy atom. The van der Waals surface area contributed by atoms with E-state index >= 15 is 0 Å². The molecule has 4 nitrogen and oxygen atoms in total. The zero-order valence-electron chi connectivity index (χ0n) is 14.7. The van der Waals surface area contributed by atoms with E-state index in [9.17, 15) is 9.59 Å². The number of amides is 1. The molecule has 0 radical (unpaired) electrons. The molecule has 0 bridgehead atoms. The number of hydrogen-bond acceptors (Lipinski definition) is 3. The monoisotopic (exact) mass is 338 g/mol. The van der Waals surface area contributed by atoms with E-state index in [0.29, 0.717) is 30.7 Å². The molecule has 0 aliphatic carbocycles. The van der Waals surface area contributed by atoms with Gasteiger partial charge in [-0.3, -0.25) is 9.59 Å². The van der Waals surface area contributed by atoms with Crippen molar-refractivity contribution in [2.75, 3.05) is 32.7 Å². The molecular weight excluding hydrogens is 312 g/mol. The van der Waals surface area contributed by atoms with Crippen LogP contribution in [0.25, 0.3) is 6.08 Å². The highest BCUT2D eigenvalue weighted by Crippen LogP contribution is 2.20. The molecule has 2 aliphatic rings. The summed E-state index contributed by atoms with van der Waals surface area (Å²) < 4.78 is 0. The summed E-state index contributed by atoms with van der Waals surface area (Å²) in [4.78, 5) is 29.1. The van der Waals surface area contributed by atoms with Crippen LogP contribution in [0.1, 0.15) is 31.2 Å². The van der Waals surface area contributed by atoms with E-state index in [-0.39, 0.29) is 11.7 Å². The quantitative estimate of drug-likeness (QED) is 0.793. The number of hydrogen-bond donors (Lipinski definition) is 0. The molecule has 2 fully saturated rings. The van der Waals surface area contributed by atoms with Crippen LogP contribution in [0.3, 0.4) is 0 Å². The molecule has 2 heterocycles. The largest absolute Gasteiger partial charge is 0.334 e. The van der Waals surface area contributed by atoms with Crippen LogP contribution < -0.4 is 0 Å². The van der Waals surface area contributed by atoms with Crippen LogP contribution in [0.5, 0.6) is 0 Å². The van der Waals surface area contributed by atoms with Gasteiger partial charge in [-0.05, 0) is 37.6 Å². The predicted octanol–water partition coefficient (Wildman–Crippen LogP) is 2.91. The summed E-state index contributed by atoms with van der Waals surface area (Å²) >= 11 is 0.